The number of halogens is 1. The molecule has 1 saturated heterocycles. The maximum atomic E-state index is 13.6. The van der Waals surface area contributed by atoms with Gasteiger partial charge < -0.3 is 9.64 Å². The molecule has 1 amide bonds. The van der Waals surface area contributed by atoms with E-state index in [4.69, 9.17) is 4.74 Å². The van der Waals surface area contributed by atoms with Gasteiger partial charge in [-0.1, -0.05) is 20.8 Å². The van der Waals surface area contributed by atoms with Crippen LogP contribution in [-0.4, -0.2) is 35.8 Å². The molecule has 136 valence electrons. The number of carbonyl (C=O) groups is 2. The molecule has 2 aliphatic rings. The number of ketones is 1. The van der Waals surface area contributed by atoms with E-state index in [1.54, 1.807) is 11.0 Å². The summed E-state index contributed by atoms with van der Waals surface area (Å²) in [7, 11) is 0. The molecule has 1 heterocycles. The molecule has 5 heteroatoms. The van der Waals surface area contributed by atoms with Crippen LogP contribution in [0.3, 0.4) is 0 Å². The Balaban J connectivity index is 1.59. The number of likely N-dealkylation sites (tertiary alicyclic amines) is 1. The average molecular weight is 347 g/mol. The third-order valence-corrected chi connectivity index (χ3v) is 5.03. The van der Waals surface area contributed by atoms with Crippen molar-refractivity contribution in [2.75, 3.05) is 13.1 Å². The van der Waals surface area contributed by atoms with E-state index in [1.807, 2.05) is 20.8 Å². The molecule has 0 N–H and O–H groups in total. The van der Waals surface area contributed by atoms with Gasteiger partial charge in [0.15, 0.2) is 0 Å². The first-order valence-electron chi connectivity index (χ1n) is 9.01. The Hall–Kier alpha value is -1.91. The molecule has 1 aromatic carbocycles. The summed E-state index contributed by atoms with van der Waals surface area (Å²) in [6.45, 7) is 7.12. The molecule has 0 aromatic heterocycles. The van der Waals surface area contributed by atoms with Crippen molar-refractivity contribution >= 4 is 11.7 Å². The van der Waals surface area contributed by atoms with Crippen LogP contribution in [0.5, 0.6) is 5.75 Å². The molecule has 3 rings (SSSR count). The van der Waals surface area contributed by atoms with Crippen LogP contribution in [0, 0.1) is 11.7 Å². The molecule has 0 spiro atoms. The van der Waals surface area contributed by atoms with Gasteiger partial charge in [0.2, 0.25) is 5.91 Å². The molecule has 1 aromatic rings. The molecule has 1 unspecified atom stereocenters. The van der Waals surface area contributed by atoms with Crippen molar-refractivity contribution in [3.05, 3.63) is 29.6 Å². The first-order chi connectivity index (χ1) is 11.7. The van der Waals surface area contributed by atoms with Gasteiger partial charge in [-0.3, -0.25) is 9.59 Å². The lowest BCUT2D eigenvalue weighted by molar-refractivity contribution is -0.147. The minimum Gasteiger partial charge on any atom is -0.486 e. The van der Waals surface area contributed by atoms with E-state index >= 15 is 0 Å². The van der Waals surface area contributed by atoms with Gasteiger partial charge >= 0.3 is 0 Å². The first kappa shape index (κ1) is 17.9. The molecule has 4 nitrogen and oxygen atoms in total. The Kier molecular flexibility index (Phi) is 4.85. The Bertz CT molecular complexity index is 674. The van der Waals surface area contributed by atoms with E-state index < -0.39 is 0 Å². The molecule has 1 aliphatic heterocycles. The van der Waals surface area contributed by atoms with Gasteiger partial charge in [0.05, 0.1) is 13.1 Å². The Morgan fingerprint density at radius 1 is 1.28 bits per heavy atom. The van der Waals surface area contributed by atoms with Crippen LogP contribution in [0.15, 0.2) is 18.2 Å². The maximum Gasteiger partial charge on any atom is 0.226 e. The second-order valence-electron chi connectivity index (χ2n) is 8.21. The molecule has 0 radical (unpaired) electrons. The molecule has 1 saturated carbocycles. The molecule has 2 fully saturated rings. The molecule has 0 bridgehead atoms. The molecular formula is C20H26FNO3. The zero-order valence-corrected chi connectivity index (χ0v) is 15.2. The van der Waals surface area contributed by atoms with Crippen LogP contribution in [0.4, 0.5) is 4.39 Å². The summed E-state index contributed by atoms with van der Waals surface area (Å²) in [6.07, 6.45) is 2.53. The Labute approximate surface area is 148 Å². The van der Waals surface area contributed by atoms with E-state index in [2.05, 4.69) is 0 Å². The fourth-order valence-electron chi connectivity index (χ4n) is 3.56. The molecule has 25 heavy (non-hydrogen) atoms. The number of hydrogen-bond acceptors (Lipinski definition) is 3. The van der Waals surface area contributed by atoms with Crippen molar-refractivity contribution in [2.24, 2.45) is 5.92 Å². The minimum atomic E-state index is -0.273. The van der Waals surface area contributed by atoms with Crippen LogP contribution in [0.1, 0.15) is 52.0 Å². The lowest BCUT2D eigenvalue weighted by Crippen LogP contribution is -2.58. The predicted molar refractivity (Wildman–Crippen MR) is 93.1 cm³/mol. The van der Waals surface area contributed by atoms with Crippen molar-refractivity contribution in [2.45, 2.75) is 58.0 Å². The highest BCUT2D eigenvalue weighted by Gasteiger charge is 2.37. The second-order valence-corrected chi connectivity index (χ2v) is 8.21. The largest absolute Gasteiger partial charge is 0.486 e. The number of hydrogen-bond donors (Lipinski definition) is 0. The third kappa shape index (κ3) is 4.02. The van der Waals surface area contributed by atoms with Crippen molar-refractivity contribution in [3.8, 4) is 5.75 Å². The maximum absolute atomic E-state index is 13.6. The quantitative estimate of drug-likeness (QED) is 0.841. The number of carbonyl (C=O) groups excluding carboxylic acids is 2. The molecule has 1 atom stereocenters. The van der Waals surface area contributed by atoms with Gasteiger partial charge in [-0.2, -0.15) is 0 Å². The highest BCUT2D eigenvalue weighted by atomic mass is 19.1. The van der Waals surface area contributed by atoms with E-state index in [0.29, 0.717) is 31.7 Å². The lowest BCUT2D eigenvalue weighted by Gasteiger charge is -2.41. The van der Waals surface area contributed by atoms with Crippen LogP contribution in [0.25, 0.3) is 0 Å². The summed E-state index contributed by atoms with van der Waals surface area (Å²) >= 11 is 0. The lowest BCUT2D eigenvalue weighted by atomic mass is 9.86. The van der Waals surface area contributed by atoms with Crippen LogP contribution >= 0.6 is 0 Å². The van der Waals surface area contributed by atoms with Gasteiger partial charge in [-0.25, -0.2) is 4.39 Å². The fourth-order valence-corrected chi connectivity index (χ4v) is 3.56. The SMILES string of the molecule is CC(C)(C)c1cc(F)ccc1OC1CN(C(=O)C2CCCC(=O)C2)C1. The van der Waals surface area contributed by atoms with E-state index in [-0.39, 0.29) is 34.9 Å². The average Bonchev–Trinajstić information content (AvgIpc) is 2.50. The topological polar surface area (TPSA) is 46.6 Å². The van der Waals surface area contributed by atoms with Crippen molar-refractivity contribution in [1.82, 2.24) is 4.90 Å². The monoisotopic (exact) mass is 347 g/mol. The smallest absolute Gasteiger partial charge is 0.226 e. The summed E-state index contributed by atoms with van der Waals surface area (Å²) in [4.78, 5) is 25.8. The van der Waals surface area contributed by atoms with Crippen molar-refractivity contribution in [3.63, 3.8) is 0 Å². The first-order valence-corrected chi connectivity index (χ1v) is 9.01. The van der Waals surface area contributed by atoms with Crippen molar-refractivity contribution in [1.29, 1.82) is 0 Å². The Morgan fingerprint density at radius 2 is 2.00 bits per heavy atom. The number of benzene rings is 1. The highest BCUT2D eigenvalue weighted by Crippen LogP contribution is 2.34. The van der Waals surface area contributed by atoms with E-state index in [1.165, 1.54) is 12.1 Å². The predicted octanol–water partition coefficient (Wildman–Crippen LogP) is 3.47. The van der Waals surface area contributed by atoms with Gasteiger partial charge in [-0.05, 0) is 36.5 Å². The summed E-state index contributed by atoms with van der Waals surface area (Å²) < 4.78 is 19.6. The number of amides is 1. The second kappa shape index (κ2) is 6.77. The normalized spacial score (nSPS) is 21.8. The number of rotatable bonds is 3. The number of Topliss-reactive ketones (excluding diaryl/α,β-unsaturated/α-hetero) is 1. The van der Waals surface area contributed by atoms with Crippen LogP contribution < -0.4 is 4.74 Å². The minimum absolute atomic E-state index is 0.0723. The third-order valence-electron chi connectivity index (χ3n) is 5.03. The van der Waals surface area contributed by atoms with Gasteiger partial charge in [0.1, 0.15) is 23.5 Å². The zero-order valence-electron chi connectivity index (χ0n) is 15.2. The summed E-state index contributed by atoms with van der Waals surface area (Å²) in [5.74, 6) is 0.517. The summed E-state index contributed by atoms with van der Waals surface area (Å²) in [6, 6.07) is 4.59. The summed E-state index contributed by atoms with van der Waals surface area (Å²) in [5.41, 5.74) is 0.606. The van der Waals surface area contributed by atoms with Crippen molar-refractivity contribution < 1.29 is 18.7 Å². The summed E-state index contributed by atoms with van der Waals surface area (Å²) in [5, 5.41) is 0. The van der Waals surface area contributed by atoms with E-state index in [9.17, 15) is 14.0 Å². The number of nitrogens with zero attached hydrogens (tertiary/aromatic N) is 1. The van der Waals surface area contributed by atoms with Gasteiger partial charge in [0.25, 0.3) is 0 Å². The molecule has 1 aliphatic carbocycles. The molecular weight excluding hydrogens is 321 g/mol. The van der Waals surface area contributed by atoms with E-state index in [0.717, 1.165) is 18.4 Å². The Morgan fingerprint density at radius 3 is 2.64 bits per heavy atom. The van der Waals surface area contributed by atoms with Gasteiger partial charge in [0, 0.05) is 24.3 Å². The highest BCUT2D eigenvalue weighted by molar-refractivity contribution is 5.88. The number of ether oxygens (including phenoxy) is 1. The van der Waals surface area contributed by atoms with Crippen LogP contribution in [-0.2, 0) is 15.0 Å². The standard InChI is InChI=1S/C20H26FNO3/c1-20(2,3)17-10-14(21)7-8-18(17)25-16-11-22(12-16)19(24)13-5-4-6-15(23)9-13/h7-8,10,13,16H,4-6,9,11-12H2,1-3H3. The van der Waals surface area contributed by atoms with Crippen LogP contribution in [0.2, 0.25) is 0 Å². The van der Waals surface area contributed by atoms with Gasteiger partial charge in [-0.15, -0.1) is 0 Å². The fraction of sp³-hybridized carbons (Fsp3) is 0.600. The zero-order chi connectivity index (χ0) is 18.2.